The maximum atomic E-state index is 6.27. The molecule has 20 heavy (non-hydrogen) atoms. The largest absolute Gasteiger partial charge is 0.381 e. The minimum Gasteiger partial charge on any atom is -0.381 e. The first-order valence-electron chi connectivity index (χ1n) is 6.55. The van der Waals surface area contributed by atoms with E-state index in [4.69, 9.17) is 39.5 Å². The molecule has 1 atom stereocenters. The van der Waals surface area contributed by atoms with Crippen molar-refractivity contribution in [3.63, 3.8) is 0 Å². The number of benzene rings is 1. The minimum absolute atomic E-state index is 0.165. The lowest BCUT2D eigenvalue weighted by atomic mass is 9.88. The van der Waals surface area contributed by atoms with Gasteiger partial charge in [0.15, 0.2) is 0 Å². The second-order valence-electron chi connectivity index (χ2n) is 5.19. The van der Waals surface area contributed by atoms with Crippen molar-refractivity contribution in [2.45, 2.75) is 37.3 Å². The van der Waals surface area contributed by atoms with E-state index in [0.717, 1.165) is 29.7 Å². The molecule has 0 aliphatic heterocycles. The van der Waals surface area contributed by atoms with E-state index < -0.39 is 0 Å². The van der Waals surface area contributed by atoms with Gasteiger partial charge in [-0.25, -0.2) is 4.98 Å². The van der Waals surface area contributed by atoms with Crippen LogP contribution >= 0.6 is 34.8 Å². The van der Waals surface area contributed by atoms with E-state index >= 15 is 0 Å². The lowest BCUT2D eigenvalue weighted by molar-refractivity contribution is 0.00658. The van der Waals surface area contributed by atoms with Crippen molar-refractivity contribution in [2.75, 3.05) is 7.11 Å². The van der Waals surface area contributed by atoms with Crippen LogP contribution in [0.15, 0.2) is 12.1 Å². The van der Waals surface area contributed by atoms with Crippen LogP contribution in [0, 0.1) is 0 Å². The Morgan fingerprint density at radius 2 is 1.95 bits per heavy atom. The number of hydrogen-bond donors (Lipinski definition) is 0. The molecule has 3 nitrogen and oxygen atoms in total. The first-order chi connectivity index (χ1) is 9.51. The molecule has 1 unspecified atom stereocenters. The molecular weight excluding hydrogens is 319 g/mol. The zero-order chi connectivity index (χ0) is 14.4. The number of ether oxygens (including phenoxy) is 1. The van der Waals surface area contributed by atoms with Crippen molar-refractivity contribution in [3.8, 4) is 0 Å². The molecule has 1 aliphatic rings. The lowest BCUT2D eigenvalue weighted by Crippen LogP contribution is -2.33. The fraction of sp³-hybridized carbons (Fsp3) is 0.500. The molecule has 6 heteroatoms. The standard InChI is InChI=1S/C14H15Cl3N2O/c1-7(15)14-18-12-5-10(16)11(17)6-13(12)19(14)8-3-9(4-8)20-2/h5-9H,3-4H2,1-2H3. The Morgan fingerprint density at radius 1 is 1.30 bits per heavy atom. The van der Waals surface area contributed by atoms with Gasteiger partial charge >= 0.3 is 0 Å². The van der Waals surface area contributed by atoms with Crippen molar-refractivity contribution in [1.82, 2.24) is 9.55 Å². The van der Waals surface area contributed by atoms with Crippen LogP contribution < -0.4 is 0 Å². The predicted molar refractivity (Wildman–Crippen MR) is 83.1 cm³/mol. The number of halogens is 3. The molecule has 1 aromatic heterocycles. The third kappa shape index (κ3) is 2.31. The van der Waals surface area contributed by atoms with Gasteiger partial charge in [-0.15, -0.1) is 11.6 Å². The van der Waals surface area contributed by atoms with Crippen molar-refractivity contribution in [2.24, 2.45) is 0 Å². The second-order valence-corrected chi connectivity index (χ2v) is 6.66. The van der Waals surface area contributed by atoms with E-state index in [1.54, 1.807) is 13.2 Å². The molecule has 1 saturated carbocycles. The van der Waals surface area contributed by atoms with Crippen LogP contribution in [0.5, 0.6) is 0 Å². The summed E-state index contributed by atoms with van der Waals surface area (Å²) >= 11 is 18.5. The normalized spacial score (nSPS) is 23.9. The predicted octanol–water partition coefficient (Wildman–Crippen LogP) is 4.99. The number of imidazole rings is 1. The first kappa shape index (κ1) is 14.5. The highest BCUT2D eigenvalue weighted by atomic mass is 35.5. The molecule has 0 radical (unpaired) electrons. The van der Waals surface area contributed by atoms with E-state index in [-0.39, 0.29) is 5.38 Å². The van der Waals surface area contributed by atoms with Gasteiger partial charge in [0, 0.05) is 13.2 Å². The molecule has 0 spiro atoms. The fourth-order valence-corrected chi connectivity index (χ4v) is 3.18. The summed E-state index contributed by atoms with van der Waals surface area (Å²) in [6, 6.07) is 4.03. The third-order valence-electron chi connectivity index (χ3n) is 3.88. The quantitative estimate of drug-likeness (QED) is 0.740. The van der Waals surface area contributed by atoms with Gasteiger partial charge in [-0.2, -0.15) is 0 Å². The summed E-state index contributed by atoms with van der Waals surface area (Å²) < 4.78 is 7.54. The van der Waals surface area contributed by atoms with Crippen molar-refractivity contribution in [3.05, 3.63) is 28.0 Å². The number of rotatable bonds is 3. The Morgan fingerprint density at radius 3 is 2.55 bits per heavy atom. The van der Waals surface area contributed by atoms with E-state index in [0.29, 0.717) is 22.2 Å². The van der Waals surface area contributed by atoms with E-state index in [1.807, 2.05) is 13.0 Å². The van der Waals surface area contributed by atoms with Crippen molar-refractivity contribution in [1.29, 1.82) is 0 Å². The van der Waals surface area contributed by atoms with Gasteiger partial charge in [0.25, 0.3) is 0 Å². The maximum Gasteiger partial charge on any atom is 0.127 e. The summed E-state index contributed by atoms with van der Waals surface area (Å²) in [5, 5.41) is 0.888. The number of fused-ring (bicyclic) bond motifs is 1. The molecule has 1 aliphatic carbocycles. The van der Waals surface area contributed by atoms with Crippen LogP contribution in [0.2, 0.25) is 10.0 Å². The minimum atomic E-state index is -0.165. The highest BCUT2D eigenvalue weighted by Crippen LogP contribution is 2.40. The Labute approximate surface area is 132 Å². The van der Waals surface area contributed by atoms with E-state index in [1.165, 1.54) is 0 Å². The fourth-order valence-electron chi connectivity index (χ4n) is 2.71. The Kier molecular flexibility index (Phi) is 3.89. The van der Waals surface area contributed by atoms with Gasteiger partial charge in [0.05, 0.1) is 32.6 Å². The Bertz CT molecular complexity index is 647. The average molecular weight is 334 g/mol. The zero-order valence-electron chi connectivity index (χ0n) is 11.2. The molecule has 2 aromatic rings. The molecule has 0 N–H and O–H groups in total. The molecule has 1 heterocycles. The Hall–Kier alpha value is -0.480. The van der Waals surface area contributed by atoms with Gasteiger partial charge in [-0.05, 0) is 31.9 Å². The average Bonchev–Trinajstić information content (AvgIpc) is 2.68. The second kappa shape index (κ2) is 5.38. The van der Waals surface area contributed by atoms with Crippen molar-refractivity contribution < 1.29 is 4.74 Å². The summed E-state index contributed by atoms with van der Waals surface area (Å²) in [6.45, 7) is 1.93. The summed E-state index contributed by atoms with van der Waals surface area (Å²) in [6.07, 6.45) is 2.26. The third-order valence-corrected chi connectivity index (χ3v) is 4.80. The lowest BCUT2D eigenvalue weighted by Gasteiger charge is -2.36. The van der Waals surface area contributed by atoms with Gasteiger partial charge in [-0.3, -0.25) is 0 Å². The summed E-state index contributed by atoms with van der Waals surface area (Å²) in [7, 11) is 1.74. The monoisotopic (exact) mass is 332 g/mol. The molecule has 1 fully saturated rings. The van der Waals surface area contributed by atoms with Gasteiger partial charge in [0.2, 0.25) is 0 Å². The molecule has 0 amide bonds. The summed E-state index contributed by atoms with van der Waals surface area (Å²) in [5.74, 6) is 0.861. The number of aromatic nitrogens is 2. The zero-order valence-corrected chi connectivity index (χ0v) is 13.5. The molecule has 0 saturated heterocycles. The first-order valence-corrected chi connectivity index (χ1v) is 7.74. The van der Waals surface area contributed by atoms with Crippen LogP contribution in [0.25, 0.3) is 11.0 Å². The topological polar surface area (TPSA) is 27.1 Å². The summed E-state index contributed by atoms with van der Waals surface area (Å²) in [4.78, 5) is 4.62. The highest BCUT2D eigenvalue weighted by Gasteiger charge is 2.33. The van der Waals surface area contributed by atoms with Crippen LogP contribution in [0.4, 0.5) is 0 Å². The van der Waals surface area contributed by atoms with Gasteiger partial charge in [0.1, 0.15) is 5.82 Å². The molecule has 3 rings (SSSR count). The molecular formula is C14H15Cl3N2O. The summed E-state index contributed by atoms with van der Waals surface area (Å²) in [5.41, 5.74) is 1.82. The molecule has 0 bridgehead atoms. The van der Waals surface area contributed by atoms with E-state index in [2.05, 4.69) is 9.55 Å². The smallest absolute Gasteiger partial charge is 0.127 e. The highest BCUT2D eigenvalue weighted by molar-refractivity contribution is 6.42. The van der Waals surface area contributed by atoms with Gasteiger partial charge in [-0.1, -0.05) is 23.2 Å². The SMILES string of the molecule is COC1CC(n2c(C(C)Cl)nc3cc(Cl)c(Cl)cc32)C1. The van der Waals surface area contributed by atoms with Crippen LogP contribution in [-0.2, 0) is 4.74 Å². The van der Waals surface area contributed by atoms with Crippen LogP contribution in [0.1, 0.15) is 37.0 Å². The van der Waals surface area contributed by atoms with Gasteiger partial charge < -0.3 is 9.30 Å². The molecule has 1 aromatic carbocycles. The number of alkyl halides is 1. The van der Waals surface area contributed by atoms with Crippen molar-refractivity contribution >= 4 is 45.8 Å². The van der Waals surface area contributed by atoms with Crippen LogP contribution in [-0.4, -0.2) is 22.8 Å². The maximum absolute atomic E-state index is 6.27. The molecule has 108 valence electrons. The number of methoxy groups -OCH3 is 1. The number of hydrogen-bond acceptors (Lipinski definition) is 2. The number of nitrogens with zero attached hydrogens (tertiary/aromatic N) is 2. The van der Waals surface area contributed by atoms with Crippen LogP contribution in [0.3, 0.4) is 0 Å². The van der Waals surface area contributed by atoms with E-state index in [9.17, 15) is 0 Å². The Balaban J connectivity index is 2.12.